The van der Waals surface area contributed by atoms with Crippen molar-refractivity contribution >= 4 is 43.3 Å². The zero-order chi connectivity index (χ0) is 28.0. The maximum absolute atomic E-state index is 13.9. The Kier molecular flexibility index (Phi) is 5.85. The molecule has 0 bridgehead atoms. The molecular formula is C29H18N4O6S. The first-order chi connectivity index (χ1) is 19.3. The molecule has 0 saturated carbocycles. The molecular weight excluding hydrogens is 532 g/mol. The van der Waals surface area contributed by atoms with Crippen molar-refractivity contribution in [1.29, 1.82) is 0 Å². The molecule has 196 valence electrons. The van der Waals surface area contributed by atoms with Gasteiger partial charge in [-0.1, -0.05) is 24.3 Å². The maximum Gasteiger partial charge on any atom is 0.269 e. The van der Waals surface area contributed by atoms with E-state index in [0.717, 1.165) is 5.56 Å². The van der Waals surface area contributed by atoms with Crippen LogP contribution in [0.5, 0.6) is 0 Å². The Morgan fingerprint density at radius 2 is 1.25 bits per heavy atom. The van der Waals surface area contributed by atoms with E-state index in [9.17, 15) is 28.6 Å². The predicted octanol–water partition coefficient (Wildman–Crippen LogP) is 6.58. The molecule has 0 amide bonds. The number of aromatic nitrogens is 2. The number of nitro groups is 2. The van der Waals surface area contributed by atoms with Crippen LogP contribution in [0.4, 0.5) is 11.4 Å². The molecule has 0 spiro atoms. The summed E-state index contributed by atoms with van der Waals surface area (Å²) in [6.45, 7) is 0. The molecule has 10 nitrogen and oxygen atoms in total. The summed E-state index contributed by atoms with van der Waals surface area (Å²) < 4.78 is 29.1. The van der Waals surface area contributed by atoms with Gasteiger partial charge in [0.1, 0.15) is 0 Å². The minimum absolute atomic E-state index is 0.0416. The Balaban J connectivity index is 1.66. The van der Waals surface area contributed by atoms with Crippen LogP contribution in [0.2, 0.25) is 0 Å². The summed E-state index contributed by atoms with van der Waals surface area (Å²) in [5.41, 5.74) is 3.21. The van der Waals surface area contributed by atoms with Crippen molar-refractivity contribution < 1.29 is 18.3 Å². The van der Waals surface area contributed by atoms with Crippen LogP contribution in [-0.4, -0.2) is 27.2 Å². The highest BCUT2D eigenvalue weighted by Gasteiger charge is 2.26. The topological polar surface area (TPSA) is 138 Å². The highest BCUT2D eigenvalue weighted by atomic mass is 32.2. The number of non-ortho nitro benzene ring substituents is 2. The van der Waals surface area contributed by atoms with Gasteiger partial charge in [0, 0.05) is 41.2 Å². The van der Waals surface area contributed by atoms with Crippen LogP contribution < -0.4 is 0 Å². The number of hydrogen-bond donors (Lipinski definition) is 0. The van der Waals surface area contributed by atoms with Crippen LogP contribution in [0.25, 0.3) is 44.2 Å². The summed E-state index contributed by atoms with van der Waals surface area (Å²) in [4.78, 5) is 25.9. The molecule has 6 rings (SSSR count). The van der Waals surface area contributed by atoms with E-state index in [0.29, 0.717) is 33.0 Å². The van der Waals surface area contributed by atoms with Gasteiger partial charge in [-0.05, 0) is 76.9 Å². The molecule has 4 aromatic carbocycles. The van der Waals surface area contributed by atoms with Gasteiger partial charge in [0.25, 0.3) is 21.4 Å². The molecule has 11 heteroatoms. The maximum atomic E-state index is 13.9. The lowest BCUT2D eigenvalue weighted by Crippen LogP contribution is -2.13. The van der Waals surface area contributed by atoms with Crippen molar-refractivity contribution in [3.8, 4) is 22.3 Å². The van der Waals surface area contributed by atoms with E-state index < -0.39 is 19.9 Å². The summed E-state index contributed by atoms with van der Waals surface area (Å²) in [5, 5.41) is 23.5. The summed E-state index contributed by atoms with van der Waals surface area (Å²) in [7, 11) is -4.07. The Morgan fingerprint density at radius 1 is 0.675 bits per heavy atom. The lowest BCUT2D eigenvalue weighted by atomic mass is 9.98. The molecule has 0 saturated heterocycles. The number of nitrogens with zero attached hydrogens (tertiary/aromatic N) is 4. The highest BCUT2D eigenvalue weighted by Crippen LogP contribution is 2.39. The van der Waals surface area contributed by atoms with Gasteiger partial charge in [-0.2, -0.15) is 0 Å². The molecule has 0 unspecified atom stereocenters. The first-order valence-corrected chi connectivity index (χ1v) is 13.4. The standard InChI is InChI=1S/C29H18N4O6S/c34-32(35)22-11-6-19(7-12-22)21-10-15-27-26(18-21)28-25(20-8-13-23(14-9-20)33(36)37)16-17-30-29(28)31(27)40(38,39)24-4-2-1-3-5-24/h1-18H. The van der Waals surface area contributed by atoms with Crippen molar-refractivity contribution in [3.63, 3.8) is 0 Å². The van der Waals surface area contributed by atoms with Crippen molar-refractivity contribution in [2.45, 2.75) is 4.90 Å². The first-order valence-electron chi connectivity index (χ1n) is 12.0. The average Bonchev–Trinajstić information content (AvgIpc) is 3.32. The van der Waals surface area contributed by atoms with Crippen LogP contribution in [0.15, 0.2) is 114 Å². The molecule has 0 aliphatic heterocycles. The number of hydrogen-bond acceptors (Lipinski definition) is 7. The normalized spacial score (nSPS) is 11.6. The Morgan fingerprint density at radius 3 is 1.85 bits per heavy atom. The molecule has 0 N–H and O–H groups in total. The summed E-state index contributed by atoms with van der Waals surface area (Å²) in [6.07, 6.45) is 1.51. The van der Waals surface area contributed by atoms with E-state index in [1.54, 1.807) is 60.7 Å². The van der Waals surface area contributed by atoms with Crippen LogP contribution in [-0.2, 0) is 10.0 Å². The lowest BCUT2D eigenvalue weighted by Gasteiger charge is -2.09. The number of pyridine rings is 1. The number of benzene rings is 4. The van der Waals surface area contributed by atoms with E-state index in [1.165, 1.54) is 46.6 Å². The summed E-state index contributed by atoms with van der Waals surface area (Å²) >= 11 is 0. The quantitative estimate of drug-likeness (QED) is 0.169. The number of rotatable bonds is 6. The monoisotopic (exact) mass is 550 g/mol. The fraction of sp³-hybridized carbons (Fsp3) is 0. The lowest BCUT2D eigenvalue weighted by molar-refractivity contribution is -0.385. The molecule has 0 fully saturated rings. The van der Waals surface area contributed by atoms with Crippen LogP contribution in [0.3, 0.4) is 0 Å². The van der Waals surface area contributed by atoms with Crippen molar-refractivity contribution in [2.24, 2.45) is 0 Å². The second kappa shape index (κ2) is 9.40. The van der Waals surface area contributed by atoms with Gasteiger partial charge < -0.3 is 0 Å². The minimum atomic E-state index is -4.07. The van der Waals surface area contributed by atoms with Gasteiger partial charge in [0.2, 0.25) is 0 Å². The van der Waals surface area contributed by atoms with Crippen molar-refractivity contribution in [1.82, 2.24) is 8.96 Å². The largest absolute Gasteiger partial charge is 0.269 e. The Labute approximate surface area is 227 Å². The zero-order valence-electron chi connectivity index (χ0n) is 20.5. The molecule has 0 aliphatic carbocycles. The number of nitro benzene ring substituents is 2. The summed E-state index contributed by atoms with van der Waals surface area (Å²) in [5.74, 6) is 0. The third-order valence-electron chi connectivity index (χ3n) is 6.69. The smallest absolute Gasteiger partial charge is 0.258 e. The second-order valence-corrected chi connectivity index (χ2v) is 10.8. The third-order valence-corrected chi connectivity index (χ3v) is 8.41. The fourth-order valence-corrected chi connectivity index (χ4v) is 6.29. The second-order valence-electron chi connectivity index (χ2n) is 8.98. The minimum Gasteiger partial charge on any atom is -0.258 e. The van der Waals surface area contributed by atoms with E-state index in [-0.39, 0.29) is 21.9 Å². The summed E-state index contributed by atoms with van der Waals surface area (Å²) in [6, 6.07) is 27.1. The molecule has 2 heterocycles. The van der Waals surface area contributed by atoms with Gasteiger partial charge in [-0.25, -0.2) is 17.4 Å². The van der Waals surface area contributed by atoms with Gasteiger partial charge in [0.05, 0.1) is 20.3 Å². The van der Waals surface area contributed by atoms with Crippen LogP contribution in [0.1, 0.15) is 0 Å². The van der Waals surface area contributed by atoms with E-state index in [4.69, 9.17) is 0 Å². The molecule has 2 aromatic heterocycles. The molecule has 0 radical (unpaired) electrons. The average molecular weight is 551 g/mol. The number of fused-ring (bicyclic) bond motifs is 3. The van der Waals surface area contributed by atoms with E-state index in [2.05, 4.69) is 4.98 Å². The first kappa shape index (κ1) is 24.9. The van der Waals surface area contributed by atoms with Gasteiger partial charge in [-0.15, -0.1) is 0 Å². The van der Waals surface area contributed by atoms with Crippen LogP contribution >= 0.6 is 0 Å². The van der Waals surface area contributed by atoms with E-state index in [1.807, 2.05) is 6.07 Å². The molecule has 0 atom stereocenters. The third kappa shape index (κ3) is 4.05. The van der Waals surface area contributed by atoms with Gasteiger partial charge >= 0.3 is 0 Å². The predicted molar refractivity (Wildman–Crippen MR) is 150 cm³/mol. The highest BCUT2D eigenvalue weighted by molar-refractivity contribution is 7.90. The Bertz CT molecular complexity index is 2050. The van der Waals surface area contributed by atoms with Crippen molar-refractivity contribution in [3.05, 3.63) is 130 Å². The Hall–Kier alpha value is -5.42. The van der Waals surface area contributed by atoms with Crippen molar-refractivity contribution in [2.75, 3.05) is 0 Å². The molecule has 6 aromatic rings. The zero-order valence-corrected chi connectivity index (χ0v) is 21.4. The van der Waals surface area contributed by atoms with E-state index >= 15 is 0 Å². The fourth-order valence-electron chi connectivity index (χ4n) is 4.80. The van der Waals surface area contributed by atoms with Gasteiger partial charge in [0.15, 0.2) is 5.65 Å². The van der Waals surface area contributed by atoms with Crippen LogP contribution in [0, 0.1) is 20.2 Å². The molecule has 40 heavy (non-hydrogen) atoms. The van der Waals surface area contributed by atoms with Gasteiger partial charge in [-0.3, -0.25) is 20.2 Å². The molecule has 0 aliphatic rings. The SMILES string of the molecule is O=[N+]([O-])c1ccc(-c2ccc3c(c2)c2c(-c4ccc([N+](=O)[O-])cc4)ccnc2n3S(=O)(=O)c2ccccc2)cc1.